The van der Waals surface area contributed by atoms with Gasteiger partial charge in [-0.05, 0) is 65.0 Å². The number of carbonyl (C=O) groups is 1. The molecular weight excluding hydrogens is 368 g/mol. The fraction of sp³-hybridized carbons (Fsp3) is 0.545. The lowest BCUT2D eigenvalue weighted by Gasteiger charge is -2.18. The Balaban J connectivity index is 2.55. The summed E-state index contributed by atoms with van der Waals surface area (Å²) >= 11 is 8.31. The zero-order valence-electron chi connectivity index (χ0n) is 10.2. The quantitative estimate of drug-likeness (QED) is 0.778. The smallest absolute Gasteiger partial charge is 0.255 e. The summed E-state index contributed by atoms with van der Waals surface area (Å²) in [5.41, 5.74) is 0.731. The number of nitrogens with zero attached hydrogens (tertiary/aromatic N) is 2. The minimum atomic E-state index is 0.0672. The number of halogens is 2. The molecule has 0 spiro atoms. The van der Waals surface area contributed by atoms with Gasteiger partial charge in [0, 0.05) is 13.6 Å². The molecule has 3 nitrogen and oxygen atoms in total. The number of rotatable bonds is 5. The summed E-state index contributed by atoms with van der Waals surface area (Å²) in [4.78, 5) is 16.0. The predicted molar refractivity (Wildman–Crippen MR) is 79.9 cm³/mol. The van der Waals surface area contributed by atoms with Gasteiger partial charge in [0.1, 0.15) is 0 Å². The van der Waals surface area contributed by atoms with Crippen LogP contribution in [0.5, 0.6) is 0 Å². The third kappa shape index (κ3) is 4.69. The maximum Gasteiger partial charge on any atom is 0.255 e. The molecule has 0 radical (unpaired) electrons. The first-order valence-electron chi connectivity index (χ1n) is 5.27. The van der Waals surface area contributed by atoms with Crippen molar-refractivity contribution in [3.8, 4) is 0 Å². The molecular formula is C11H16Br2N2OS. The van der Waals surface area contributed by atoms with Gasteiger partial charge in [-0.15, -0.1) is 11.3 Å². The third-order valence-corrected chi connectivity index (χ3v) is 4.67. The second-order valence-corrected chi connectivity index (χ2v) is 7.87. The van der Waals surface area contributed by atoms with Gasteiger partial charge in [-0.2, -0.15) is 0 Å². The highest BCUT2D eigenvalue weighted by Crippen LogP contribution is 2.32. The van der Waals surface area contributed by atoms with E-state index in [4.69, 9.17) is 0 Å². The summed E-state index contributed by atoms with van der Waals surface area (Å²) in [5.74, 6) is 0.0672. The van der Waals surface area contributed by atoms with Crippen molar-refractivity contribution in [1.29, 1.82) is 0 Å². The molecule has 96 valence electrons. The maximum absolute atomic E-state index is 12.1. The Kier molecular flexibility index (Phi) is 6.12. The van der Waals surface area contributed by atoms with E-state index in [0.717, 1.165) is 32.6 Å². The SMILES string of the molecule is CN(C)CCCN(C)C(=O)c1cc(Br)sc1Br. The zero-order valence-corrected chi connectivity index (χ0v) is 14.2. The van der Waals surface area contributed by atoms with Crippen molar-refractivity contribution in [3.63, 3.8) is 0 Å². The monoisotopic (exact) mass is 382 g/mol. The lowest BCUT2D eigenvalue weighted by Crippen LogP contribution is -2.29. The van der Waals surface area contributed by atoms with E-state index >= 15 is 0 Å². The van der Waals surface area contributed by atoms with E-state index in [1.807, 2.05) is 27.2 Å². The molecule has 0 aliphatic heterocycles. The van der Waals surface area contributed by atoms with E-state index in [2.05, 4.69) is 36.8 Å². The first kappa shape index (κ1) is 15.1. The Morgan fingerprint density at radius 3 is 2.41 bits per heavy atom. The Morgan fingerprint density at radius 1 is 1.29 bits per heavy atom. The van der Waals surface area contributed by atoms with Crippen LogP contribution in [-0.2, 0) is 0 Å². The van der Waals surface area contributed by atoms with Crippen molar-refractivity contribution in [2.75, 3.05) is 34.2 Å². The molecule has 0 saturated heterocycles. The Bertz CT molecular complexity index is 393. The standard InChI is InChI=1S/C11H16Br2N2OS/c1-14(2)5-4-6-15(3)11(16)8-7-9(12)17-10(8)13/h7H,4-6H2,1-3H3. The van der Waals surface area contributed by atoms with Gasteiger partial charge in [0.15, 0.2) is 0 Å². The van der Waals surface area contributed by atoms with Gasteiger partial charge in [-0.25, -0.2) is 0 Å². The highest BCUT2D eigenvalue weighted by Gasteiger charge is 2.17. The molecule has 0 aliphatic rings. The summed E-state index contributed by atoms with van der Waals surface area (Å²) in [6, 6.07) is 1.86. The van der Waals surface area contributed by atoms with Gasteiger partial charge in [-0.1, -0.05) is 0 Å². The summed E-state index contributed by atoms with van der Waals surface area (Å²) in [5, 5.41) is 0. The third-order valence-electron chi connectivity index (χ3n) is 2.33. The van der Waals surface area contributed by atoms with Crippen LogP contribution >= 0.6 is 43.2 Å². The van der Waals surface area contributed by atoms with Gasteiger partial charge in [-0.3, -0.25) is 4.79 Å². The normalized spacial score (nSPS) is 10.9. The van der Waals surface area contributed by atoms with Crippen molar-refractivity contribution in [1.82, 2.24) is 9.80 Å². The number of amides is 1. The van der Waals surface area contributed by atoms with E-state index in [9.17, 15) is 4.79 Å². The van der Waals surface area contributed by atoms with E-state index in [1.54, 1.807) is 4.90 Å². The summed E-state index contributed by atoms with van der Waals surface area (Å²) in [6.07, 6.45) is 0.984. The van der Waals surface area contributed by atoms with E-state index in [1.165, 1.54) is 11.3 Å². The number of hydrogen-bond acceptors (Lipinski definition) is 3. The summed E-state index contributed by atoms with van der Waals surface area (Å²) in [7, 11) is 5.92. The van der Waals surface area contributed by atoms with Crippen LogP contribution in [0.25, 0.3) is 0 Å². The number of carbonyl (C=O) groups excluding carboxylic acids is 1. The van der Waals surface area contributed by atoms with E-state index < -0.39 is 0 Å². The maximum atomic E-state index is 12.1. The van der Waals surface area contributed by atoms with Crippen molar-refractivity contribution in [2.24, 2.45) is 0 Å². The minimum Gasteiger partial charge on any atom is -0.342 e. The van der Waals surface area contributed by atoms with Crippen LogP contribution in [0.4, 0.5) is 0 Å². The Labute approximate surface area is 123 Å². The molecule has 0 unspecified atom stereocenters. The molecule has 0 N–H and O–H groups in total. The molecule has 6 heteroatoms. The predicted octanol–water partition coefficient (Wildman–Crippen LogP) is 3.30. The van der Waals surface area contributed by atoms with Crippen LogP contribution in [0.3, 0.4) is 0 Å². The van der Waals surface area contributed by atoms with Crippen molar-refractivity contribution >= 4 is 49.1 Å². The van der Waals surface area contributed by atoms with Gasteiger partial charge in [0.05, 0.1) is 13.1 Å². The molecule has 17 heavy (non-hydrogen) atoms. The molecule has 0 fully saturated rings. The molecule has 0 atom stereocenters. The van der Waals surface area contributed by atoms with Crippen molar-refractivity contribution in [3.05, 3.63) is 19.2 Å². The Hall–Kier alpha value is 0.0900. The van der Waals surface area contributed by atoms with E-state index in [-0.39, 0.29) is 5.91 Å². The highest BCUT2D eigenvalue weighted by atomic mass is 79.9. The van der Waals surface area contributed by atoms with Gasteiger partial charge < -0.3 is 9.80 Å². The van der Waals surface area contributed by atoms with Crippen LogP contribution in [-0.4, -0.2) is 49.9 Å². The average molecular weight is 384 g/mol. The van der Waals surface area contributed by atoms with Crippen LogP contribution < -0.4 is 0 Å². The molecule has 1 aromatic rings. The molecule has 1 heterocycles. The van der Waals surface area contributed by atoms with Crippen LogP contribution in [0.1, 0.15) is 16.8 Å². The second-order valence-electron chi connectivity index (χ2n) is 4.12. The summed E-state index contributed by atoms with van der Waals surface area (Å²) < 4.78 is 1.85. The molecule has 1 amide bonds. The Morgan fingerprint density at radius 2 is 1.94 bits per heavy atom. The molecule has 0 aliphatic carbocycles. The fourth-order valence-corrected chi connectivity index (χ4v) is 4.19. The van der Waals surface area contributed by atoms with E-state index in [0.29, 0.717) is 0 Å². The molecule has 0 saturated carbocycles. The lowest BCUT2D eigenvalue weighted by molar-refractivity contribution is 0.0790. The lowest BCUT2D eigenvalue weighted by atomic mass is 10.3. The van der Waals surface area contributed by atoms with Crippen molar-refractivity contribution < 1.29 is 4.79 Å². The van der Waals surface area contributed by atoms with Crippen LogP contribution in [0.15, 0.2) is 13.6 Å². The molecule has 0 aromatic carbocycles. The largest absolute Gasteiger partial charge is 0.342 e. The van der Waals surface area contributed by atoms with Crippen LogP contribution in [0, 0.1) is 0 Å². The molecule has 1 aromatic heterocycles. The van der Waals surface area contributed by atoms with Gasteiger partial charge in [0.25, 0.3) is 5.91 Å². The number of hydrogen-bond donors (Lipinski definition) is 0. The molecule has 1 rings (SSSR count). The zero-order chi connectivity index (χ0) is 13.0. The first-order chi connectivity index (χ1) is 7.91. The number of thiophene rings is 1. The molecule has 0 bridgehead atoms. The van der Waals surface area contributed by atoms with Gasteiger partial charge >= 0.3 is 0 Å². The average Bonchev–Trinajstić information content (AvgIpc) is 2.56. The first-order valence-corrected chi connectivity index (χ1v) is 7.67. The highest BCUT2D eigenvalue weighted by molar-refractivity contribution is 9.12. The second kappa shape index (κ2) is 6.87. The minimum absolute atomic E-state index is 0.0672. The van der Waals surface area contributed by atoms with Crippen LogP contribution in [0.2, 0.25) is 0 Å². The summed E-state index contributed by atoms with van der Waals surface area (Å²) in [6.45, 7) is 1.77. The van der Waals surface area contributed by atoms with Crippen molar-refractivity contribution in [2.45, 2.75) is 6.42 Å². The van der Waals surface area contributed by atoms with Gasteiger partial charge in [0.2, 0.25) is 0 Å². The fourth-order valence-electron chi connectivity index (χ4n) is 1.42. The topological polar surface area (TPSA) is 23.6 Å².